The van der Waals surface area contributed by atoms with Crippen LogP contribution in [0.4, 0.5) is 5.69 Å². The zero-order valence-corrected chi connectivity index (χ0v) is 12.2. The lowest BCUT2D eigenvalue weighted by Gasteiger charge is -2.08. The highest BCUT2D eigenvalue weighted by Crippen LogP contribution is 2.15. The van der Waals surface area contributed by atoms with E-state index < -0.39 is 11.8 Å². The van der Waals surface area contributed by atoms with Gasteiger partial charge in [0.2, 0.25) is 0 Å². The molecule has 2 amide bonds. The Hall–Kier alpha value is -3.46. The maximum Gasteiger partial charge on any atom is 0.270 e. The van der Waals surface area contributed by atoms with Crippen LogP contribution in [0.1, 0.15) is 26.4 Å². The molecule has 0 aliphatic carbocycles. The van der Waals surface area contributed by atoms with E-state index in [2.05, 4.69) is 22.2 Å². The molecule has 0 spiro atoms. The van der Waals surface area contributed by atoms with Crippen molar-refractivity contribution in [2.24, 2.45) is 0 Å². The lowest BCUT2D eigenvalue weighted by molar-refractivity contribution is 0.0953. The number of hydrogen-bond donors (Lipinski definition) is 2. The number of nitrogens with zero attached hydrogens (tertiary/aromatic N) is 2. The van der Waals surface area contributed by atoms with Crippen LogP contribution in [-0.2, 0) is 0 Å². The number of benzene rings is 1. The number of aromatic nitrogens is 1. The van der Waals surface area contributed by atoms with Gasteiger partial charge in [0.25, 0.3) is 11.8 Å². The minimum Gasteiger partial charge on any atom is -0.347 e. The van der Waals surface area contributed by atoms with Crippen LogP contribution in [0.3, 0.4) is 0 Å². The second kappa shape index (κ2) is 7.52. The van der Waals surface area contributed by atoms with E-state index in [0.717, 1.165) is 0 Å². The van der Waals surface area contributed by atoms with E-state index >= 15 is 0 Å². The predicted molar refractivity (Wildman–Crippen MR) is 85.9 cm³/mol. The summed E-state index contributed by atoms with van der Waals surface area (Å²) < 4.78 is 0. The summed E-state index contributed by atoms with van der Waals surface area (Å²) in [6.07, 6.45) is 2.93. The molecule has 0 aliphatic heterocycles. The molecule has 2 aromatic rings. The van der Waals surface area contributed by atoms with Crippen molar-refractivity contribution >= 4 is 17.5 Å². The van der Waals surface area contributed by atoms with Crippen molar-refractivity contribution in [1.82, 2.24) is 10.3 Å². The largest absolute Gasteiger partial charge is 0.347 e. The first-order valence-corrected chi connectivity index (χ1v) is 6.81. The van der Waals surface area contributed by atoms with E-state index in [-0.39, 0.29) is 11.3 Å². The third-order valence-electron chi connectivity index (χ3n) is 2.96. The zero-order chi connectivity index (χ0) is 16.7. The molecular weight excluding hydrogens is 292 g/mol. The van der Waals surface area contributed by atoms with Gasteiger partial charge >= 0.3 is 0 Å². The molecule has 1 aromatic heterocycles. The summed E-state index contributed by atoms with van der Waals surface area (Å²) in [4.78, 5) is 28.1. The molecule has 0 unspecified atom stereocenters. The summed E-state index contributed by atoms with van der Waals surface area (Å²) in [5.74, 6) is -0.815. The molecule has 1 heterocycles. The van der Waals surface area contributed by atoms with Crippen molar-refractivity contribution in [1.29, 1.82) is 5.26 Å². The third kappa shape index (κ3) is 4.02. The van der Waals surface area contributed by atoms with Gasteiger partial charge in [-0.05, 0) is 24.3 Å². The Morgan fingerprint density at radius 1 is 1.26 bits per heavy atom. The maximum atomic E-state index is 12.3. The fourth-order valence-electron chi connectivity index (χ4n) is 1.84. The number of anilines is 1. The second-order valence-electron chi connectivity index (χ2n) is 4.54. The van der Waals surface area contributed by atoms with E-state index in [0.29, 0.717) is 17.8 Å². The van der Waals surface area contributed by atoms with Crippen molar-refractivity contribution in [2.45, 2.75) is 0 Å². The van der Waals surface area contributed by atoms with Crippen LogP contribution < -0.4 is 10.6 Å². The van der Waals surface area contributed by atoms with Crippen LogP contribution >= 0.6 is 0 Å². The minimum absolute atomic E-state index is 0.132. The predicted octanol–water partition coefficient (Wildman–Crippen LogP) is 2.12. The fourth-order valence-corrected chi connectivity index (χ4v) is 1.84. The molecule has 114 valence electrons. The average Bonchev–Trinajstić information content (AvgIpc) is 2.60. The van der Waals surface area contributed by atoms with Crippen LogP contribution in [-0.4, -0.2) is 23.3 Å². The standard InChI is InChI=1S/C17H14N4O2/c1-2-8-20-17(23)15-10-12(7-9-19-15)16(22)21-14-6-4-3-5-13(14)11-18/h2-7,9-10H,1,8H2,(H,20,23)(H,21,22). The lowest BCUT2D eigenvalue weighted by Crippen LogP contribution is -2.24. The summed E-state index contributed by atoms with van der Waals surface area (Å²) >= 11 is 0. The SMILES string of the molecule is C=CCNC(=O)c1cc(C(=O)Nc2ccccc2C#N)ccn1. The number of nitrogens with one attached hydrogen (secondary N) is 2. The van der Waals surface area contributed by atoms with Gasteiger partial charge in [-0.25, -0.2) is 0 Å². The first kappa shape index (κ1) is 15.9. The molecule has 0 aliphatic rings. The number of carbonyl (C=O) groups is 2. The van der Waals surface area contributed by atoms with Gasteiger partial charge in [0.15, 0.2) is 0 Å². The molecule has 6 nitrogen and oxygen atoms in total. The van der Waals surface area contributed by atoms with Gasteiger partial charge in [0, 0.05) is 18.3 Å². The van der Waals surface area contributed by atoms with Gasteiger partial charge in [-0.15, -0.1) is 6.58 Å². The van der Waals surface area contributed by atoms with Crippen LogP contribution in [0, 0.1) is 11.3 Å². The number of amides is 2. The Morgan fingerprint density at radius 3 is 2.78 bits per heavy atom. The van der Waals surface area contributed by atoms with Crippen molar-refractivity contribution in [2.75, 3.05) is 11.9 Å². The molecule has 1 aromatic carbocycles. The molecule has 0 radical (unpaired) electrons. The molecule has 6 heteroatoms. The first-order chi connectivity index (χ1) is 11.2. The quantitative estimate of drug-likeness (QED) is 0.827. The van der Waals surface area contributed by atoms with Gasteiger partial charge in [-0.2, -0.15) is 5.26 Å². The number of hydrogen-bond acceptors (Lipinski definition) is 4. The number of rotatable bonds is 5. The monoisotopic (exact) mass is 306 g/mol. The Bertz CT molecular complexity index is 793. The maximum absolute atomic E-state index is 12.3. The molecule has 23 heavy (non-hydrogen) atoms. The normalized spacial score (nSPS) is 9.52. The van der Waals surface area contributed by atoms with Crippen molar-refractivity contribution < 1.29 is 9.59 Å². The van der Waals surface area contributed by atoms with Gasteiger partial charge < -0.3 is 10.6 Å². The highest BCUT2D eigenvalue weighted by molar-refractivity contribution is 6.06. The Kier molecular flexibility index (Phi) is 5.21. The topological polar surface area (TPSA) is 94.9 Å². The molecule has 0 atom stereocenters. The molecule has 0 fully saturated rings. The summed E-state index contributed by atoms with van der Waals surface area (Å²) in [6, 6.07) is 11.6. The highest BCUT2D eigenvalue weighted by atomic mass is 16.2. The zero-order valence-electron chi connectivity index (χ0n) is 12.2. The summed E-state index contributed by atoms with van der Waals surface area (Å²) in [7, 11) is 0. The van der Waals surface area contributed by atoms with E-state index in [4.69, 9.17) is 5.26 Å². The van der Waals surface area contributed by atoms with Crippen LogP contribution in [0.15, 0.2) is 55.3 Å². The molecule has 0 bridgehead atoms. The number of para-hydroxylation sites is 1. The van der Waals surface area contributed by atoms with Gasteiger partial charge in [-0.3, -0.25) is 14.6 Å². The van der Waals surface area contributed by atoms with Crippen molar-refractivity contribution in [3.05, 3.63) is 72.1 Å². The van der Waals surface area contributed by atoms with E-state index in [9.17, 15) is 9.59 Å². The number of pyridine rings is 1. The molecule has 0 saturated heterocycles. The number of nitriles is 1. The van der Waals surface area contributed by atoms with E-state index in [1.165, 1.54) is 18.3 Å². The first-order valence-electron chi connectivity index (χ1n) is 6.81. The molecule has 2 rings (SSSR count). The van der Waals surface area contributed by atoms with Gasteiger partial charge in [0.05, 0.1) is 11.3 Å². The van der Waals surface area contributed by atoms with Gasteiger partial charge in [-0.1, -0.05) is 18.2 Å². The van der Waals surface area contributed by atoms with E-state index in [1.807, 2.05) is 6.07 Å². The van der Waals surface area contributed by atoms with Crippen LogP contribution in [0.5, 0.6) is 0 Å². The Balaban J connectivity index is 2.18. The van der Waals surface area contributed by atoms with Crippen LogP contribution in [0.2, 0.25) is 0 Å². The molecule has 2 N–H and O–H groups in total. The highest BCUT2D eigenvalue weighted by Gasteiger charge is 2.12. The fraction of sp³-hybridized carbons (Fsp3) is 0.0588. The van der Waals surface area contributed by atoms with Gasteiger partial charge in [0.1, 0.15) is 11.8 Å². The molecule has 0 saturated carbocycles. The minimum atomic E-state index is -0.423. The Labute approximate surface area is 133 Å². The second-order valence-corrected chi connectivity index (χ2v) is 4.54. The smallest absolute Gasteiger partial charge is 0.270 e. The molecular formula is C17H14N4O2. The van der Waals surface area contributed by atoms with Crippen molar-refractivity contribution in [3.8, 4) is 6.07 Å². The average molecular weight is 306 g/mol. The summed E-state index contributed by atoms with van der Waals surface area (Å²) in [5, 5.41) is 14.3. The van der Waals surface area contributed by atoms with E-state index in [1.54, 1.807) is 30.3 Å². The lowest BCUT2D eigenvalue weighted by atomic mass is 10.1. The third-order valence-corrected chi connectivity index (χ3v) is 2.96. The Morgan fingerprint density at radius 2 is 2.04 bits per heavy atom. The summed E-state index contributed by atoms with van der Waals surface area (Å²) in [6.45, 7) is 3.82. The number of carbonyl (C=O) groups excluding carboxylic acids is 2. The summed E-state index contributed by atoms with van der Waals surface area (Å²) in [5.41, 5.74) is 1.18. The van der Waals surface area contributed by atoms with Crippen molar-refractivity contribution in [3.63, 3.8) is 0 Å². The van der Waals surface area contributed by atoms with Crippen LogP contribution in [0.25, 0.3) is 0 Å².